The molecule has 1 aromatic rings. The summed E-state index contributed by atoms with van der Waals surface area (Å²) in [6.07, 6.45) is 6.23. The SMILES string of the molecule is Cc1ncc(C(=O)O)c(C2CCN(CC3CC3)CC2)n1. The van der Waals surface area contributed by atoms with E-state index in [1.807, 2.05) is 6.92 Å². The first-order valence-corrected chi connectivity index (χ1v) is 7.42. The molecule has 0 atom stereocenters. The number of nitrogens with zero attached hydrogens (tertiary/aromatic N) is 3. The molecular weight excluding hydrogens is 254 g/mol. The number of carboxylic acids is 1. The van der Waals surface area contributed by atoms with Crippen LogP contribution in [-0.2, 0) is 0 Å². The van der Waals surface area contributed by atoms with Crippen LogP contribution in [0.4, 0.5) is 0 Å². The Morgan fingerprint density at radius 1 is 1.35 bits per heavy atom. The van der Waals surface area contributed by atoms with Gasteiger partial charge in [-0.25, -0.2) is 14.8 Å². The van der Waals surface area contributed by atoms with Crippen molar-refractivity contribution < 1.29 is 9.90 Å². The summed E-state index contributed by atoms with van der Waals surface area (Å²) < 4.78 is 0. The fourth-order valence-corrected chi connectivity index (χ4v) is 3.02. The zero-order chi connectivity index (χ0) is 14.1. The third-order valence-electron chi connectivity index (χ3n) is 4.36. The molecule has 2 aliphatic rings. The third-order valence-corrected chi connectivity index (χ3v) is 4.36. The average molecular weight is 275 g/mol. The Morgan fingerprint density at radius 2 is 2.05 bits per heavy atom. The molecule has 1 saturated carbocycles. The van der Waals surface area contributed by atoms with Gasteiger partial charge >= 0.3 is 5.97 Å². The molecule has 5 heteroatoms. The van der Waals surface area contributed by atoms with E-state index in [4.69, 9.17) is 0 Å². The van der Waals surface area contributed by atoms with Crippen molar-refractivity contribution in [1.29, 1.82) is 0 Å². The van der Waals surface area contributed by atoms with Gasteiger partial charge < -0.3 is 10.0 Å². The van der Waals surface area contributed by atoms with Crippen molar-refractivity contribution in [3.63, 3.8) is 0 Å². The first kappa shape index (κ1) is 13.5. The minimum Gasteiger partial charge on any atom is -0.478 e. The van der Waals surface area contributed by atoms with Gasteiger partial charge in [0.15, 0.2) is 0 Å². The summed E-state index contributed by atoms with van der Waals surface area (Å²) in [4.78, 5) is 22.2. The monoisotopic (exact) mass is 275 g/mol. The Bertz CT molecular complexity index is 506. The fraction of sp³-hybridized carbons (Fsp3) is 0.667. The Morgan fingerprint density at radius 3 is 2.65 bits per heavy atom. The standard InChI is InChI=1S/C15H21N3O2/c1-10-16-8-13(15(19)20)14(17-10)12-4-6-18(7-5-12)9-11-2-3-11/h8,11-12H,2-7,9H2,1H3,(H,19,20). The number of carboxylic acid groups (broad SMARTS) is 1. The number of carbonyl (C=O) groups is 1. The topological polar surface area (TPSA) is 66.3 Å². The number of piperidine rings is 1. The number of hydrogen-bond donors (Lipinski definition) is 1. The van der Waals surface area contributed by atoms with Gasteiger partial charge in [-0.1, -0.05) is 0 Å². The number of likely N-dealkylation sites (tertiary alicyclic amines) is 1. The molecule has 0 amide bonds. The summed E-state index contributed by atoms with van der Waals surface area (Å²) in [5, 5.41) is 9.28. The average Bonchev–Trinajstić information content (AvgIpc) is 3.23. The lowest BCUT2D eigenvalue weighted by Crippen LogP contribution is -2.35. The molecule has 108 valence electrons. The number of rotatable bonds is 4. The molecule has 0 bridgehead atoms. The predicted octanol–water partition coefficient (Wildman–Crippen LogP) is 2.07. The van der Waals surface area contributed by atoms with E-state index in [1.165, 1.54) is 25.6 Å². The van der Waals surface area contributed by atoms with Crippen LogP contribution in [0.15, 0.2) is 6.20 Å². The van der Waals surface area contributed by atoms with E-state index in [0.29, 0.717) is 5.82 Å². The molecule has 0 radical (unpaired) electrons. The van der Waals surface area contributed by atoms with Gasteiger partial charge in [0.1, 0.15) is 5.82 Å². The van der Waals surface area contributed by atoms with Gasteiger partial charge in [0.05, 0.1) is 11.3 Å². The van der Waals surface area contributed by atoms with E-state index in [2.05, 4.69) is 14.9 Å². The van der Waals surface area contributed by atoms with Crippen molar-refractivity contribution in [1.82, 2.24) is 14.9 Å². The highest BCUT2D eigenvalue weighted by Gasteiger charge is 2.29. The molecule has 20 heavy (non-hydrogen) atoms. The van der Waals surface area contributed by atoms with Crippen molar-refractivity contribution >= 4 is 5.97 Å². The molecule has 1 N–H and O–H groups in total. The van der Waals surface area contributed by atoms with Crippen LogP contribution in [0.3, 0.4) is 0 Å². The van der Waals surface area contributed by atoms with Crippen molar-refractivity contribution in [2.45, 2.75) is 38.5 Å². The van der Waals surface area contributed by atoms with E-state index in [1.54, 1.807) is 0 Å². The molecule has 3 rings (SSSR count). The van der Waals surface area contributed by atoms with Gasteiger partial charge in [-0.15, -0.1) is 0 Å². The van der Waals surface area contributed by atoms with Gasteiger partial charge in [-0.3, -0.25) is 0 Å². The minimum atomic E-state index is -0.916. The Kier molecular flexibility index (Phi) is 3.70. The highest BCUT2D eigenvalue weighted by Crippen LogP contribution is 2.33. The molecule has 0 unspecified atom stereocenters. The Labute approximate surface area is 119 Å². The maximum absolute atomic E-state index is 11.3. The molecule has 1 aromatic heterocycles. The van der Waals surface area contributed by atoms with Crippen LogP contribution in [0.1, 0.15) is 53.5 Å². The lowest BCUT2D eigenvalue weighted by molar-refractivity contribution is 0.0693. The van der Waals surface area contributed by atoms with E-state index >= 15 is 0 Å². The van der Waals surface area contributed by atoms with Gasteiger partial charge in [0, 0.05) is 18.7 Å². The van der Waals surface area contributed by atoms with Crippen molar-refractivity contribution in [2.24, 2.45) is 5.92 Å². The smallest absolute Gasteiger partial charge is 0.339 e. The van der Waals surface area contributed by atoms with E-state index < -0.39 is 5.97 Å². The minimum absolute atomic E-state index is 0.262. The van der Waals surface area contributed by atoms with Crippen molar-refractivity contribution in [3.05, 3.63) is 23.3 Å². The van der Waals surface area contributed by atoms with E-state index in [-0.39, 0.29) is 11.5 Å². The van der Waals surface area contributed by atoms with Gasteiger partial charge in [0.2, 0.25) is 0 Å². The summed E-state index contributed by atoms with van der Waals surface area (Å²) in [7, 11) is 0. The van der Waals surface area contributed by atoms with Crippen molar-refractivity contribution in [2.75, 3.05) is 19.6 Å². The number of aromatic nitrogens is 2. The van der Waals surface area contributed by atoms with Crippen LogP contribution in [0, 0.1) is 12.8 Å². The summed E-state index contributed by atoms with van der Waals surface area (Å²) in [6.45, 7) is 5.16. The second-order valence-corrected chi connectivity index (χ2v) is 6.04. The van der Waals surface area contributed by atoms with Crippen LogP contribution in [-0.4, -0.2) is 45.6 Å². The van der Waals surface area contributed by atoms with Gasteiger partial charge in [0.25, 0.3) is 0 Å². The van der Waals surface area contributed by atoms with Gasteiger partial charge in [-0.2, -0.15) is 0 Å². The van der Waals surface area contributed by atoms with Crippen molar-refractivity contribution in [3.8, 4) is 0 Å². The molecule has 5 nitrogen and oxygen atoms in total. The first-order chi connectivity index (χ1) is 9.63. The maximum Gasteiger partial charge on any atom is 0.339 e. The highest BCUT2D eigenvalue weighted by molar-refractivity contribution is 5.88. The molecule has 0 spiro atoms. The zero-order valence-electron chi connectivity index (χ0n) is 11.9. The number of aromatic carboxylic acids is 1. The molecule has 1 saturated heterocycles. The molecule has 2 heterocycles. The zero-order valence-corrected chi connectivity index (χ0v) is 11.9. The van der Waals surface area contributed by atoms with Crippen LogP contribution in [0.5, 0.6) is 0 Å². The fourth-order valence-electron chi connectivity index (χ4n) is 3.02. The normalized spacial score (nSPS) is 21.1. The van der Waals surface area contributed by atoms with E-state index in [0.717, 1.165) is 37.5 Å². The maximum atomic E-state index is 11.3. The molecule has 2 fully saturated rings. The Balaban J connectivity index is 1.70. The molecule has 1 aliphatic carbocycles. The summed E-state index contributed by atoms with van der Waals surface area (Å²) in [5.41, 5.74) is 1.01. The van der Waals surface area contributed by atoms with Gasteiger partial charge in [-0.05, 0) is 51.6 Å². The molecule has 0 aromatic carbocycles. The van der Waals surface area contributed by atoms with Crippen LogP contribution in [0.25, 0.3) is 0 Å². The summed E-state index contributed by atoms with van der Waals surface area (Å²) in [5.74, 6) is 0.923. The summed E-state index contributed by atoms with van der Waals surface area (Å²) >= 11 is 0. The van der Waals surface area contributed by atoms with Crippen LogP contribution in [0.2, 0.25) is 0 Å². The third kappa shape index (κ3) is 2.98. The lowest BCUT2D eigenvalue weighted by atomic mass is 9.90. The first-order valence-electron chi connectivity index (χ1n) is 7.42. The highest BCUT2D eigenvalue weighted by atomic mass is 16.4. The second kappa shape index (κ2) is 5.48. The van der Waals surface area contributed by atoms with Crippen LogP contribution < -0.4 is 0 Å². The van der Waals surface area contributed by atoms with E-state index in [9.17, 15) is 9.90 Å². The largest absolute Gasteiger partial charge is 0.478 e. The number of aryl methyl sites for hydroxylation is 1. The quantitative estimate of drug-likeness (QED) is 0.911. The van der Waals surface area contributed by atoms with Crippen LogP contribution >= 0.6 is 0 Å². The molecular formula is C15H21N3O2. The number of hydrogen-bond acceptors (Lipinski definition) is 4. The Hall–Kier alpha value is -1.49. The summed E-state index contributed by atoms with van der Waals surface area (Å²) in [6, 6.07) is 0. The molecule has 1 aliphatic heterocycles. The predicted molar refractivity (Wildman–Crippen MR) is 74.9 cm³/mol. The lowest BCUT2D eigenvalue weighted by Gasteiger charge is -2.32. The second-order valence-electron chi connectivity index (χ2n) is 6.04.